The van der Waals surface area contributed by atoms with Gasteiger partial charge in [0.25, 0.3) is 0 Å². The molecule has 1 unspecified atom stereocenters. The second-order valence-corrected chi connectivity index (χ2v) is 5.71. The molecule has 1 saturated heterocycles. The first-order chi connectivity index (χ1) is 9.49. The van der Waals surface area contributed by atoms with Crippen molar-refractivity contribution in [3.63, 3.8) is 0 Å². The molecule has 1 aromatic rings. The van der Waals surface area contributed by atoms with E-state index in [-0.39, 0.29) is 12.1 Å². The zero-order valence-electron chi connectivity index (χ0n) is 12.7. The second-order valence-electron chi connectivity index (χ2n) is 5.71. The van der Waals surface area contributed by atoms with Crippen molar-refractivity contribution in [1.82, 2.24) is 24.6 Å². The van der Waals surface area contributed by atoms with Crippen molar-refractivity contribution >= 4 is 12.0 Å². The van der Waals surface area contributed by atoms with Gasteiger partial charge in [0.15, 0.2) is 0 Å². The fourth-order valence-corrected chi connectivity index (χ4v) is 2.52. The number of hydrogen-bond donors (Lipinski definition) is 1. The Morgan fingerprint density at radius 3 is 2.95 bits per heavy atom. The van der Waals surface area contributed by atoms with Crippen molar-refractivity contribution in [2.24, 2.45) is 0 Å². The number of urea groups is 1. The van der Waals surface area contributed by atoms with Crippen LogP contribution in [-0.2, 0) is 0 Å². The van der Waals surface area contributed by atoms with Gasteiger partial charge >= 0.3 is 6.03 Å². The molecular formula is C13H24N6O. The maximum Gasteiger partial charge on any atom is 0.324 e. The number of hydrogen-bond acceptors (Lipinski definition) is 4. The molecule has 1 fully saturated rings. The highest BCUT2D eigenvalue weighted by Crippen LogP contribution is 2.16. The van der Waals surface area contributed by atoms with Crippen LogP contribution in [0.2, 0.25) is 0 Å². The number of carbonyl (C=O) groups is 1. The van der Waals surface area contributed by atoms with Gasteiger partial charge in [0.2, 0.25) is 5.95 Å². The van der Waals surface area contributed by atoms with Crippen LogP contribution in [0.15, 0.2) is 6.33 Å². The van der Waals surface area contributed by atoms with Crippen LogP contribution in [0.3, 0.4) is 0 Å². The summed E-state index contributed by atoms with van der Waals surface area (Å²) in [6, 6.07) is 0.480. The average molecular weight is 280 g/mol. The Morgan fingerprint density at radius 2 is 2.35 bits per heavy atom. The Balaban J connectivity index is 1.92. The number of amides is 2. The average Bonchev–Trinajstić information content (AvgIpc) is 2.99. The Morgan fingerprint density at radius 1 is 1.60 bits per heavy atom. The lowest BCUT2D eigenvalue weighted by molar-refractivity contribution is 0.201. The first-order valence-electron chi connectivity index (χ1n) is 7.11. The van der Waals surface area contributed by atoms with Crippen LogP contribution in [-0.4, -0.2) is 63.8 Å². The summed E-state index contributed by atoms with van der Waals surface area (Å²) in [6.07, 6.45) is 3.81. The number of aromatic nitrogens is 3. The van der Waals surface area contributed by atoms with Gasteiger partial charge in [-0.3, -0.25) is 5.32 Å². The Hall–Kier alpha value is -1.63. The number of nitrogens with one attached hydrogen (secondary N) is 1. The molecule has 2 rings (SSSR count). The molecule has 0 saturated carbocycles. The number of anilines is 1. The highest BCUT2D eigenvalue weighted by Gasteiger charge is 2.24. The normalized spacial score (nSPS) is 19.6. The van der Waals surface area contributed by atoms with Gasteiger partial charge in [0.05, 0.1) is 6.04 Å². The topological polar surface area (TPSA) is 66.3 Å². The highest BCUT2D eigenvalue weighted by atomic mass is 16.2. The monoisotopic (exact) mass is 280 g/mol. The lowest BCUT2D eigenvalue weighted by Crippen LogP contribution is -2.41. The molecule has 1 aliphatic rings. The van der Waals surface area contributed by atoms with Gasteiger partial charge < -0.3 is 9.80 Å². The Kier molecular flexibility index (Phi) is 4.59. The minimum atomic E-state index is -0.139. The summed E-state index contributed by atoms with van der Waals surface area (Å²) in [7, 11) is 3.93. The van der Waals surface area contributed by atoms with E-state index >= 15 is 0 Å². The van der Waals surface area contributed by atoms with Crippen LogP contribution in [0, 0.1) is 0 Å². The third-order valence-corrected chi connectivity index (χ3v) is 3.78. The van der Waals surface area contributed by atoms with Crippen LogP contribution in [0.25, 0.3) is 0 Å². The summed E-state index contributed by atoms with van der Waals surface area (Å²) in [5, 5.41) is 6.93. The number of rotatable bonds is 4. The van der Waals surface area contributed by atoms with E-state index in [0.29, 0.717) is 12.0 Å². The molecule has 1 aromatic heterocycles. The molecule has 0 spiro atoms. The van der Waals surface area contributed by atoms with E-state index in [2.05, 4.69) is 27.3 Å². The molecule has 7 nitrogen and oxygen atoms in total. The maximum atomic E-state index is 12.2. The highest BCUT2D eigenvalue weighted by molar-refractivity contribution is 5.87. The minimum Gasteiger partial charge on any atom is -0.326 e. The van der Waals surface area contributed by atoms with E-state index in [4.69, 9.17) is 0 Å². The summed E-state index contributed by atoms with van der Waals surface area (Å²) >= 11 is 0. The van der Waals surface area contributed by atoms with E-state index < -0.39 is 0 Å². The molecule has 0 bridgehead atoms. The second kappa shape index (κ2) is 6.21. The standard InChI is InChI=1S/C13H24N6O/c1-10(2)19-12(14-9-15-19)16-13(20)18(4)8-11-6-5-7-17(11)3/h9-11H,5-8H2,1-4H3,(H,14,15,16,20). The minimum absolute atomic E-state index is 0.139. The Labute approximate surface area is 119 Å². The molecule has 1 atom stereocenters. The molecule has 7 heteroatoms. The first kappa shape index (κ1) is 14.8. The molecule has 20 heavy (non-hydrogen) atoms. The Bertz CT molecular complexity index is 457. The molecule has 0 radical (unpaired) electrons. The lowest BCUT2D eigenvalue weighted by Gasteiger charge is -2.26. The van der Waals surface area contributed by atoms with Gasteiger partial charge in [0.1, 0.15) is 6.33 Å². The van der Waals surface area contributed by atoms with Crippen molar-refractivity contribution in [2.45, 2.75) is 38.8 Å². The van der Waals surface area contributed by atoms with Gasteiger partial charge in [-0.15, -0.1) is 0 Å². The van der Waals surface area contributed by atoms with Gasteiger partial charge in [-0.05, 0) is 40.3 Å². The van der Waals surface area contributed by atoms with Gasteiger partial charge in [-0.1, -0.05) is 0 Å². The number of likely N-dealkylation sites (N-methyl/N-ethyl adjacent to an activating group) is 2. The first-order valence-corrected chi connectivity index (χ1v) is 7.11. The number of nitrogens with zero attached hydrogens (tertiary/aromatic N) is 5. The van der Waals surface area contributed by atoms with Gasteiger partial charge in [-0.25, -0.2) is 9.48 Å². The van der Waals surface area contributed by atoms with Crippen molar-refractivity contribution in [2.75, 3.05) is 32.5 Å². The molecule has 1 aliphatic heterocycles. The summed E-state index contributed by atoms with van der Waals surface area (Å²) in [6.45, 7) is 5.85. The fraction of sp³-hybridized carbons (Fsp3) is 0.769. The molecule has 1 N–H and O–H groups in total. The summed E-state index contributed by atoms with van der Waals surface area (Å²) < 4.78 is 1.70. The molecule has 2 amide bonds. The molecule has 2 heterocycles. The molecule has 0 aliphatic carbocycles. The third-order valence-electron chi connectivity index (χ3n) is 3.78. The molecular weight excluding hydrogens is 256 g/mol. The maximum absolute atomic E-state index is 12.2. The van der Waals surface area contributed by atoms with Crippen molar-refractivity contribution < 1.29 is 4.79 Å². The third kappa shape index (κ3) is 3.27. The van der Waals surface area contributed by atoms with Gasteiger partial charge in [-0.2, -0.15) is 10.1 Å². The smallest absolute Gasteiger partial charge is 0.324 e. The van der Waals surface area contributed by atoms with Crippen LogP contribution >= 0.6 is 0 Å². The van der Waals surface area contributed by atoms with E-state index in [9.17, 15) is 4.79 Å². The number of carbonyl (C=O) groups excluding carboxylic acids is 1. The number of likely N-dealkylation sites (tertiary alicyclic amines) is 1. The molecule has 0 aromatic carbocycles. The summed E-state index contributed by atoms with van der Waals surface area (Å²) in [5.41, 5.74) is 0. The summed E-state index contributed by atoms with van der Waals surface area (Å²) in [5.74, 6) is 0.497. The predicted molar refractivity (Wildman–Crippen MR) is 77.7 cm³/mol. The summed E-state index contributed by atoms with van der Waals surface area (Å²) in [4.78, 5) is 20.3. The van der Waals surface area contributed by atoms with Crippen LogP contribution in [0.5, 0.6) is 0 Å². The fourth-order valence-electron chi connectivity index (χ4n) is 2.52. The molecule has 112 valence electrons. The van der Waals surface area contributed by atoms with E-state index in [1.54, 1.807) is 9.58 Å². The van der Waals surface area contributed by atoms with E-state index in [0.717, 1.165) is 19.5 Å². The van der Waals surface area contributed by atoms with E-state index in [1.165, 1.54) is 12.7 Å². The zero-order valence-corrected chi connectivity index (χ0v) is 12.7. The lowest BCUT2D eigenvalue weighted by atomic mass is 10.2. The van der Waals surface area contributed by atoms with Crippen LogP contribution in [0.4, 0.5) is 10.7 Å². The van der Waals surface area contributed by atoms with Crippen molar-refractivity contribution in [1.29, 1.82) is 0 Å². The van der Waals surface area contributed by atoms with E-state index in [1.807, 2.05) is 20.9 Å². The van der Waals surface area contributed by atoms with Crippen LogP contribution < -0.4 is 5.32 Å². The van der Waals surface area contributed by atoms with Crippen molar-refractivity contribution in [3.8, 4) is 0 Å². The largest absolute Gasteiger partial charge is 0.326 e. The van der Waals surface area contributed by atoms with Crippen molar-refractivity contribution in [3.05, 3.63) is 6.33 Å². The predicted octanol–water partition coefficient (Wildman–Crippen LogP) is 1.42. The van der Waals surface area contributed by atoms with Gasteiger partial charge in [0, 0.05) is 19.6 Å². The van der Waals surface area contributed by atoms with Crippen LogP contribution in [0.1, 0.15) is 32.7 Å². The SMILES string of the molecule is CC(C)n1ncnc1NC(=O)N(C)CC1CCCN1C. The quantitative estimate of drug-likeness (QED) is 0.905. The zero-order chi connectivity index (χ0) is 14.7.